The molecule has 1 aromatic carbocycles. The molecule has 26 heavy (non-hydrogen) atoms. The second-order valence-corrected chi connectivity index (χ2v) is 6.85. The smallest absolute Gasteiger partial charge is 0.330 e. The van der Waals surface area contributed by atoms with Crippen LogP contribution in [0.5, 0.6) is 0 Å². The van der Waals surface area contributed by atoms with Gasteiger partial charge in [-0.15, -0.1) is 11.3 Å². The van der Waals surface area contributed by atoms with Gasteiger partial charge >= 0.3 is 5.97 Å². The van der Waals surface area contributed by atoms with Crippen molar-refractivity contribution in [2.45, 2.75) is 6.92 Å². The van der Waals surface area contributed by atoms with E-state index in [1.165, 1.54) is 17.4 Å². The number of rotatable bonds is 6. The van der Waals surface area contributed by atoms with Gasteiger partial charge < -0.3 is 10.1 Å². The van der Waals surface area contributed by atoms with Crippen LogP contribution in [0.4, 0.5) is 5.69 Å². The summed E-state index contributed by atoms with van der Waals surface area (Å²) < 4.78 is 4.83. The van der Waals surface area contributed by atoms with Crippen molar-refractivity contribution in [3.8, 4) is 10.6 Å². The molecule has 5 nitrogen and oxygen atoms in total. The molecule has 0 saturated heterocycles. The van der Waals surface area contributed by atoms with E-state index in [2.05, 4.69) is 10.3 Å². The average molecular weight is 384 g/mol. The number of carbonyl (C=O) groups excluding carboxylic acids is 2. The van der Waals surface area contributed by atoms with Crippen molar-refractivity contribution in [2.75, 3.05) is 11.9 Å². The molecule has 0 bridgehead atoms. The van der Waals surface area contributed by atoms with Crippen molar-refractivity contribution in [2.24, 2.45) is 0 Å². The lowest BCUT2D eigenvalue weighted by atomic mass is 10.2. The molecule has 1 N–H and O–H groups in total. The number of aromatic nitrogens is 1. The van der Waals surface area contributed by atoms with Crippen LogP contribution < -0.4 is 5.32 Å². The molecule has 0 aliphatic rings. The molecule has 3 aromatic rings. The van der Waals surface area contributed by atoms with Crippen LogP contribution in [-0.2, 0) is 9.53 Å². The quantitative estimate of drug-likeness (QED) is 0.494. The molecule has 132 valence electrons. The van der Waals surface area contributed by atoms with Crippen molar-refractivity contribution in [3.63, 3.8) is 0 Å². The Morgan fingerprint density at radius 3 is 2.69 bits per heavy atom. The monoisotopic (exact) mass is 384 g/mol. The maximum Gasteiger partial charge on any atom is 0.330 e. The molecule has 0 spiro atoms. The zero-order valence-electron chi connectivity index (χ0n) is 14.0. The molecule has 7 heteroatoms. The van der Waals surface area contributed by atoms with Crippen molar-refractivity contribution < 1.29 is 14.3 Å². The fourth-order valence-corrected chi connectivity index (χ4v) is 3.64. The summed E-state index contributed by atoms with van der Waals surface area (Å²) in [5.41, 5.74) is 2.91. The second kappa shape index (κ2) is 8.55. The van der Waals surface area contributed by atoms with E-state index in [9.17, 15) is 9.59 Å². The normalized spacial score (nSPS) is 10.8. The molecule has 0 aliphatic heterocycles. The molecular weight excluding hydrogens is 368 g/mol. The summed E-state index contributed by atoms with van der Waals surface area (Å²) in [5.74, 6) is -0.632. The number of hydrogen-bond donors (Lipinski definition) is 1. The van der Waals surface area contributed by atoms with Crippen molar-refractivity contribution >= 4 is 46.3 Å². The Kier molecular flexibility index (Phi) is 5.93. The highest BCUT2D eigenvalue weighted by Gasteiger charge is 2.12. The number of thiophene rings is 1. The van der Waals surface area contributed by atoms with Crippen LogP contribution in [0, 0.1) is 0 Å². The van der Waals surface area contributed by atoms with E-state index < -0.39 is 0 Å². The summed E-state index contributed by atoms with van der Waals surface area (Å²) in [6.07, 6.45) is 3.04. The minimum absolute atomic E-state index is 0.252. The summed E-state index contributed by atoms with van der Waals surface area (Å²) in [6, 6.07) is 9.14. The highest BCUT2D eigenvalue weighted by Crippen LogP contribution is 2.26. The third-order valence-electron chi connectivity index (χ3n) is 3.37. The van der Waals surface area contributed by atoms with Gasteiger partial charge in [-0.25, -0.2) is 9.78 Å². The van der Waals surface area contributed by atoms with E-state index in [1.807, 2.05) is 29.0 Å². The third kappa shape index (κ3) is 4.65. The highest BCUT2D eigenvalue weighted by molar-refractivity contribution is 7.14. The van der Waals surface area contributed by atoms with Crippen molar-refractivity contribution in [1.82, 2.24) is 4.98 Å². The predicted octanol–water partition coefficient (Wildman–Crippen LogP) is 4.70. The third-order valence-corrected chi connectivity index (χ3v) is 4.95. The van der Waals surface area contributed by atoms with Crippen LogP contribution >= 0.6 is 22.7 Å². The number of benzene rings is 1. The largest absolute Gasteiger partial charge is 0.463 e. The molecule has 3 rings (SSSR count). The number of nitrogens with zero attached hydrogens (tertiary/aromatic N) is 1. The molecule has 0 radical (unpaired) electrons. The fourth-order valence-electron chi connectivity index (χ4n) is 2.12. The molecule has 0 atom stereocenters. The first-order chi connectivity index (χ1) is 12.7. The van der Waals surface area contributed by atoms with E-state index in [4.69, 9.17) is 4.74 Å². The Hall–Kier alpha value is -2.77. The Bertz CT molecular complexity index is 913. The zero-order chi connectivity index (χ0) is 18.4. The number of amides is 1. The maximum atomic E-state index is 12.3. The second-order valence-electron chi connectivity index (χ2n) is 5.21. The summed E-state index contributed by atoms with van der Waals surface area (Å²) >= 11 is 3.04. The van der Waals surface area contributed by atoms with Crippen molar-refractivity contribution in [3.05, 3.63) is 63.8 Å². The number of esters is 1. The SMILES string of the molecule is CCOC(=O)/C=C/c1ccc(NC(=O)c2csc(-c3ccsc3)n2)cc1. The maximum absolute atomic E-state index is 12.3. The summed E-state index contributed by atoms with van der Waals surface area (Å²) in [7, 11) is 0. The number of thiazole rings is 1. The zero-order valence-corrected chi connectivity index (χ0v) is 15.6. The van der Waals surface area contributed by atoms with E-state index in [0.717, 1.165) is 16.1 Å². The summed E-state index contributed by atoms with van der Waals surface area (Å²) in [6.45, 7) is 2.10. The molecule has 0 aliphatic carbocycles. The van der Waals surface area contributed by atoms with E-state index in [1.54, 1.807) is 41.8 Å². The van der Waals surface area contributed by atoms with Gasteiger partial charge in [0.1, 0.15) is 10.7 Å². The number of anilines is 1. The van der Waals surface area contributed by atoms with E-state index >= 15 is 0 Å². The van der Waals surface area contributed by atoms with Crippen LogP contribution in [0.2, 0.25) is 0 Å². The van der Waals surface area contributed by atoms with Crippen LogP contribution in [-0.4, -0.2) is 23.5 Å². The fraction of sp³-hybridized carbons (Fsp3) is 0.105. The first-order valence-corrected chi connectivity index (χ1v) is 9.72. The van der Waals surface area contributed by atoms with Gasteiger partial charge in [0.2, 0.25) is 0 Å². The van der Waals surface area contributed by atoms with Crippen LogP contribution in [0.3, 0.4) is 0 Å². The van der Waals surface area contributed by atoms with Crippen LogP contribution in [0.15, 0.2) is 52.5 Å². The first-order valence-electron chi connectivity index (χ1n) is 7.90. The van der Waals surface area contributed by atoms with Crippen LogP contribution in [0.25, 0.3) is 16.6 Å². The Morgan fingerprint density at radius 1 is 1.19 bits per heavy atom. The highest BCUT2D eigenvalue weighted by atomic mass is 32.1. The van der Waals surface area contributed by atoms with Gasteiger partial charge in [0, 0.05) is 28.1 Å². The topological polar surface area (TPSA) is 68.3 Å². The number of nitrogens with one attached hydrogen (secondary N) is 1. The average Bonchev–Trinajstić information content (AvgIpc) is 3.32. The van der Waals surface area contributed by atoms with E-state index in [-0.39, 0.29) is 11.9 Å². The minimum atomic E-state index is -0.380. The van der Waals surface area contributed by atoms with Crippen LogP contribution in [0.1, 0.15) is 23.0 Å². The molecule has 1 amide bonds. The Labute approximate surface area is 159 Å². The van der Waals surface area contributed by atoms with Gasteiger partial charge in [0.05, 0.1) is 6.61 Å². The summed E-state index contributed by atoms with van der Waals surface area (Å²) in [4.78, 5) is 28.0. The Morgan fingerprint density at radius 2 is 2.00 bits per heavy atom. The number of ether oxygens (including phenoxy) is 1. The molecule has 2 aromatic heterocycles. The van der Waals surface area contributed by atoms with Crippen molar-refractivity contribution in [1.29, 1.82) is 0 Å². The molecule has 2 heterocycles. The summed E-state index contributed by atoms with van der Waals surface area (Å²) in [5, 5.41) is 9.38. The molecular formula is C19H16N2O3S2. The minimum Gasteiger partial charge on any atom is -0.463 e. The first kappa shape index (κ1) is 18.0. The number of carbonyl (C=O) groups is 2. The lowest BCUT2D eigenvalue weighted by Gasteiger charge is -2.03. The number of hydrogen-bond acceptors (Lipinski definition) is 6. The van der Waals surface area contributed by atoms with Gasteiger partial charge in [-0.3, -0.25) is 4.79 Å². The molecule has 0 fully saturated rings. The van der Waals surface area contributed by atoms with Gasteiger partial charge in [0.15, 0.2) is 0 Å². The molecule has 0 saturated carbocycles. The lowest BCUT2D eigenvalue weighted by Crippen LogP contribution is -2.12. The standard InChI is InChI=1S/C19H16N2O3S2/c1-2-24-17(22)8-5-13-3-6-15(7-4-13)20-18(23)16-12-26-19(21-16)14-9-10-25-11-14/h3-12H,2H2,1H3,(H,20,23)/b8-5+. The predicted molar refractivity (Wildman–Crippen MR) is 105 cm³/mol. The molecule has 0 unspecified atom stereocenters. The van der Waals surface area contributed by atoms with Gasteiger partial charge in [-0.2, -0.15) is 11.3 Å². The Balaban J connectivity index is 1.62. The van der Waals surface area contributed by atoms with Gasteiger partial charge in [-0.1, -0.05) is 12.1 Å². The van der Waals surface area contributed by atoms with E-state index in [0.29, 0.717) is 18.0 Å². The lowest BCUT2D eigenvalue weighted by molar-refractivity contribution is -0.137. The van der Waals surface area contributed by atoms with Gasteiger partial charge in [-0.05, 0) is 42.1 Å². The van der Waals surface area contributed by atoms with Gasteiger partial charge in [0.25, 0.3) is 5.91 Å².